The Morgan fingerprint density at radius 3 is 1.45 bits per heavy atom. The molecule has 10 rings (SSSR count). The molecule has 0 amide bonds. The van der Waals surface area contributed by atoms with E-state index < -0.39 is 0 Å². The molecule has 2 aliphatic rings. The first-order valence-electron chi connectivity index (χ1n) is 20.7. The molecule has 3 nitrogen and oxygen atoms in total. The van der Waals surface area contributed by atoms with Gasteiger partial charge in [-0.15, -0.1) is 0 Å². The summed E-state index contributed by atoms with van der Waals surface area (Å²) < 4.78 is 6.25. The summed E-state index contributed by atoms with van der Waals surface area (Å²) in [7, 11) is 0. The van der Waals surface area contributed by atoms with Crippen molar-refractivity contribution in [2.45, 2.75) is 69.1 Å². The molecule has 0 aliphatic heterocycles. The van der Waals surface area contributed by atoms with Crippen molar-refractivity contribution in [2.75, 3.05) is 9.80 Å². The minimum Gasteiger partial charge on any atom is -0.456 e. The van der Waals surface area contributed by atoms with Crippen molar-refractivity contribution in [1.82, 2.24) is 0 Å². The average molecular weight is 729 g/mol. The zero-order valence-electron chi connectivity index (χ0n) is 32.0. The third kappa shape index (κ3) is 6.35. The number of fused-ring (bicyclic) bond motifs is 3. The summed E-state index contributed by atoms with van der Waals surface area (Å²) in [5.41, 5.74) is 13.1. The van der Waals surface area contributed by atoms with E-state index in [1.807, 2.05) is 6.07 Å². The van der Waals surface area contributed by atoms with Gasteiger partial charge in [0.2, 0.25) is 0 Å². The highest BCUT2D eigenvalue weighted by atomic mass is 16.3. The summed E-state index contributed by atoms with van der Waals surface area (Å²) in [6.07, 6.45) is 11.5. The molecule has 2 aliphatic carbocycles. The maximum Gasteiger partial charge on any atom is 0.135 e. The summed E-state index contributed by atoms with van der Waals surface area (Å²) in [5.74, 6) is 0.676. The number of anilines is 6. The van der Waals surface area contributed by atoms with Crippen molar-refractivity contribution in [1.29, 1.82) is 0 Å². The fourth-order valence-corrected chi connectivity index (χ4v) is 9.81. The van der Waals surface area contributed by atoms with Crippen molar-refractivity contribution in [3.63, 3.8) is 0 Å². The Kier molecular flexibility index (Phi) is 9.15. The lowest BCUT2D eigenvalue weighted by molar-refractivity contribution is 0.443. The van der Waals surface area contributed by atoms with Gasteiger partial charge in [-0.3, -0.25) is 0 Å². The first-order valence-corrected chi connectivity index (χ1v) is 20.7. The maximum absolute atomic E-state index is 6.25. The highest BCUT2D eigenvalue weighted by molar-refractivity contribution is 6.06. The zero-order valence-corrected chi connectivity index (χ0v) is 32.0. The van der Waals surface area contributed by atoms with Gasteiger partial charge in [-0.2, -0.15) is 0 Å². The van der Waals surface area contributed by atoms with Crippen LogP contribution in [0.5, 0.6) is 0 Å². The molecule has 7 aromatic carbocycles. The Balaban J connectivity index is 1.01. The second kappa shape index (κ2) is 14.9. The van der Waals surface area contributed by atoms with Crippen molar-refractivity contribution < 1.29 is 4.42 Å². The van der Waals surface area contributed by atoms with E-state index in [-0.39, 0.29) is 5.41 Å². The van der Waals surface area contributed by atoms with Crippen LogP contribution in [0.4, 0.5) is 34.1 Å². The van der Waals surface area contributed by atoms with Crippen LogP contribution in [-0.2, 0) is 5.41 Å². The molecule has 0 saturated heterocycles. The predicted molar refractivity (Wildman–Crippen MR) is 235 cm³/mol. The van der Waals surface area contributed by atoms with Gasteiger partial charge in [-0.05, 0) is 133 Å². The third-order valence-corrected chi connectivity index (χ3v) is 12.7. The van der Waals surface area contributed by atoms with Crippen LogP contribution in [0.3, 0.4) is 0 Å². The quantitative estimate of drug-likeness (QED) is 0.148. The van der Waals surface area contributed by atoms with Gasteiger partial charge in [-0.1, -0.05) is 123 Å². The van der Waals surface area contributed by atoms with E-state index in [0.717, 1.165) is 57.5 Å². The van der Waals surface area contributed by atoms with Gasteiger partial charge >= 0.3 is 0 Å². The number of furan rings is 1. The van der Waals surface area contributed by atoms with Gasteiger partial charge in [0.15, 0.2) is 0 Å². The smallest absolute Gasteiger partial charge is 0.135 e. The van der Waals surface area contributed by atoms with E-state index >= 15 is 0 Å². The topological polar surface area (TPSA) is 19.6 Å². The molecular formula is C53H48N2O. The van der Waals surface area contributed by atoms with Crippen LogP contribution >= 0.6 is 0 Å². The molecule has 0 spiro atoms. The summed E-state index contributed by atoms with van der Waals surface area (Å²) in [6, 6.07) is 64.7. The number of nitrogens with zero attached hydrogens (tertiary/aromatic N) is 2. The minimum absolute atomic E-state index is 0.0114. The highest BCUT2D eigenvalue weighted by Crippen LogP contribution is 2.48. The Morgan fingerprint density at radius 1 is 0.393 bits per heavy atom. The molecular weight excluding hydrogens is 681 g/mol. The van der Waals surface area contributed by atoms with Crippen molar-refractivity contribution in [3.8, 4) is 0 Å². The Bertz CT molecular complexity index is 2500. The number of hydrogen-bond acceptors (Lipinski definition) is 3. The number of benzene rings is 7. The van der Waals surface area contributed by atoms with Crippen molar-refractivity contribution in [3.05, 3.63) is 193 Å². The average Bonchev–Trinajstić information content (AvgIpc) is 3.92. The predicted octanol–water partition coefficient (Wildman–Crippen LogP) is 15.4. The normalized spacial score (nSPS) is 15.6. The van der Waals surface area contributed by atoms with E-state index in [1.54, 1.807) is 0 Å². The van der Waals surface area contributed by atoms with Crippen molar-refractivity contribution >= 4 is 56.1 Å². The van der Waals surface area contributed by atoms with Crippen molar-refractivity contribution in [2.24, 2.45) is 0 Å². The van der Waals surface area contributed by atoms with Gasteiger partial charge < -0.3 is 14.2 Å². The summed E-state index contributed by atoms with van der Waals surface area (Å²) >= 11 is 0. The second-order valence-electron chi connectivity index (χ2n) is 15.9. The van der Waals surface area contributed by atoms with E-state index in [1.165, 1.54) is 73.0 Å². The molecule has 2 saturated carbocycles. The molecule has 1 heterocycles. The third-order valence-electron chi connectivity index (χ3n) is 12.7. The molecule has 0 atom stereocenters. The summed E-state index contributed by atoms with van der Waals surface area (Å²) in [5, 5.41) is 2.29. The molecule has 0 N–H and O–H groups in total. The van der Waals surface area contributed by atoms with Crippen LogP contribution in [0, 0.1) is 0 Å². The molecule has 0 bridgehead atoms. The van der Waals surface area contributed by atoms with Gasteiger partial charge in [0, 0.05) is 50.3 Å². The Labute approximate surface area is 330 Å². The first kappa shape index (κ1) is 34.4. The van der Waals surface area contributed by atoms with Crippen LogP contribution in [-0.4, -0.2) is 0 Å². The maximum atomic E-state index is 6.25. The van der Waals surface area contributed by atoms with Crippen LogP contribution in [0.25, 0.3) is 21.9 Å². The summed E-state index contributed by atoms with van der Waals surface area (Å²) in [6.45, 7) is 0. The van der Waals surface area contributed by atoms with Gasteiger partial charge in [-0.25, -0.2) is 0 Å². The minimum atomic E-state index is -0.0114. The number of rotatable bonds is 9. The lowest BCUT2D eigenvalue weighted by Crippen LogP contribution is -2.24. The van der Waals surface area contributed by atoms with Crippen LogP contribution < -0.4 is 9.80 Å². The molecule has 8 aromatic rings. The number of hydrogen-bond donors (Lipinski definition) is 0. The van der Waals surface area contributed by atoms with Gasteiger partial charge in [0.1, 0.15) is 11.2 Å². The largest absolute Gasteiger partial charge is 0.456 e. The molecule has 0 radical (unpaired) electrons. The van der Waals surface area contributed by atoms with Crippen LogP contribution in [0.1, 0.15) is 80.4 Å². The molecule has 276 valence electrons. The SMILES string of the molecule is c1ccc(N(c2ccccc2)c2ccc(C3(c4ccc(N(c5ccc(C6CCCCC6)cc5)c5ccc6oc7ccccc7c6c5)cc4)CCCC3)cc2)cc1. The number of para-hydroxylation sites is 3. The highest BCUT2D eigenvalue weighted by Gasteiger charge is 2.37. The lowest BCUT2D eigenvalue weighted by atomic mass is 9.73. The zero-order chi connectivity index (χ0) is 37.3. The van der Waals surface area contributed by atoms with E-state index in [4.69, 9.17) is 4.42 Å². The standard InChI is InChI=1S/C53H48N2O/c1-4-14-39(15-5-1)40-22-28-45(29-23-40)55(48-34-35-52-50(38-48)49-20-10-11-21-51(49)56-52)47-32-26-42(27-33-47)53(36-12-13-37-53)41-24-30-46(31-25-41)54(43-16-6-2-7-17-43)44-18-8-3-9-19-44/h2-3,6-11,16-35,38-39H,1,4-5,12-15,36-37H2. The monoisotopic (exact) mass is 728 g/mol. The molecule has 1 aromatic heterocycles. The molecule has 56 heavy (non-hydrogen) atoms. The van der Waals surface area contributed by atoms with E-state index in [2.05, 4.69) is 180 Å². The molecule has 0 unspecified atom stereocenters. The van der Waals surface area contributed by atoms with Gasteiger partial charge in [0.05, 0.1) is 0 Å². The fourth-order valence-electron chi connectivity index (χ4n) is 9.81. The van der Waals surface area contributed by atoms with E-state index in [0.29, 0.717) is 5.92 Å². The first-order chi connectivity index (χ1) is 27.7. The fraction of sp³-hybridized carbons (Fsp3) is 0.208. The summed E-state index contributed by atoms with van der Waals surface area (Å²) in [4.78, 5) is 4.77. The Morgan fingerprint density at radius 2 is 0.857 bits per heavy atom. The lowest BCUT2D eigenvalue weighted by Gasteiger charge is -2.33. The Hall–Kier alpha value is -6.06. The second-order valence-corrected chi connectivity index (χ2v) is 15.9. The van der Waals surface area contributed by atoms with Crippen LogP contribution in [0.15, 0.2) is 180 Å². The molecule has 2 fully saturated rings. The van der Waals surface area contributed by atoms with Crippen LogP contribution in [0.2, 0.25) is 0 Å². The van der Waals surface area contributed by atoms with E-state index in [9.17, 15) is 0 Å². The van der Waals surface area contributed by atoms with Gasteiger partial charge in [0.25, 0.3) is 0 Å². The molecule has 3 heteroatoms.